The molecule has 2 N–H and O–H groups in total. The molecule has 1 saturated heterocycles. The average Bonchev–Trinajstić information content (AvgIpc) is 2.94. The number of aryl methyl sites for hydroxylation is 2. The monoisotopic (exact) mass is 341 g/mol. The Morgan fingerprint density at radius 2 is 2.00 bits per heavy atom. The van der Waals surface area contributed by atoms with Crippen molar-refractivity contribution >= 4 is 11.9 Å². The number of aromatic nitrogens is 2. The van der Waals surface area contributed by atoms with Gasteiger partial charge < -0.3 is 10.0 Å². The number of hydrogen-bond donors (Lipinski definition) is 2. The number of nitrogens with zero attached hydrogens (tertiary/aromatic N) is 2. The number of carboxylic acids is 1. The number of carbonyl (C=O) groups excluding carboxylic acids is 1. The highest BCUT2D eigenvalue weighted by Gasteiger charge is 2.25. The van der Waals surface area contributed by atoms with Gasteiger partial charge in [-0.2, -0.15) is 5.10 Å². The van der Waals surface area contributed by atoms with Gasteiger partial charge in [0, 0.05) is 30.3 Å². The van der Waals surface area contributed by atoms with Crippen molar-refractivity contribution in [2.24, 2.45) is 0 Å². The van der Waals surface area contributed by atoms with Crippen molar-refractivity contribution in [3.05, 3.63) is 52.3 Å². The van der Waals surface area contributed by atoms with Gasteiger partial charge in [0.2, 0.25) is 5.91 Å². The van der Waals surface area contributed by atoms with Gasteiger partial charge in [-0.05, 0) is 44.4 Å². The van der Waals surface area contributed by atoms with Crippen LogP contribution in [0.1, 0.15) is 51.6 Å². The minimum atomic E-state index is -0.919. The first-order valence-electron chi connectivity index (χ1n) is 8.57. The molecule has 1 fully saturated rings. The lowest BCUT2D eigenvalue weighted by Gasteiger charge is -2.33. The average molecular weight is 341 g/mol. The maximum Gasteiger partial charge on any atom is 0.335 e. The lowest BCUT2D eigenvalue weighted by atomic mass is 9.90. The molecule has 0 spiro atoms. The first-order valence-corrected chi connectivity index (χ1v) is 8.57. The van der Waals surface area contributed by atoms with Gasteiger partial charge in [0.1, 0.15) is 0 Å². The normalized spacial score (nSPS) is 17.5. The molecule has 2 aromatic rings. The van der Waals surface area contributed by atoms with E-state index in [-0.39, 0.29) is 11.8 Å². The molecule has 1 atom stereocenters. The topological polar surface area (TPSA) is 86.3 Å². The number of benzene rings is 1. The van der Waals surface area contributed by atoms with Crippen molar-refractivity contribution < 1.29 is 14.7 Å². The van der Waals surface area contributed by atoms with Crippen molar-refractivity contribution in [3.63, 3.8) is 0 Å². The van der Waals surface area contributed by atoms with Crippen molar-refractivity contribution in [3.8, 4) is 0 Å². The summed E-state index contributed by atoms with van der Waals surface area (Å²) < 4.78 is 0. The summed E-state index contributed by atoms with van der Waals surface area (Å²) in [6.07, 6.45) is 2.35. The molecule has 0 aliphatic carbocycles. The second-order valence-electron chi connectivity index (χ2n) is 6.70. The second-order valence-corrected chi connectivity index (χ2v) is 6.70. The number of H-pyrrole nitrogens is 1. The zero-order valence-electron chi connectivity index (χ0n) is 14.6. The fraction of sp³-hybridized carbons (Fsp3) is 0.421. The first-order chi connectivity index (χ1) is 12.0. The van der Waals surface area contributed by atoms with Crippen LogP contribution in [0.15, 0.2) is 24.3 Å². The minimum absolute atomic E-state index is 0.124. The quantitative estimate of drug-likeness (QED) is 0.895. The van der Waals surface area contributed by atoms with Gasteiger partial charge >= 0.3 is 5.97 Å². The van der Waals surface area contributed by atoms with Crippen molar-refractivity contribution in [1.82, 2.24) is 15.1 Å². The van der Waals surface area contributed by atoms with Gasteiger partial charge in [-0.1, -0.05) is 12.1 Å². The van der Waals surface area contributed by atoms with Gasteiger partial charge in [-0.15, -0.1) is 0 Å². The number of carboxylic acid groups (broad SMARTS) is 1. The predicted octanol–water partition coefficient (Wildman–Crippen LogP) is 2.67. The molecule has 3 rings (SSSR count). The van der Waals surface area contributed by atoms with E-state index in [1.54, 1.807) is 12.1 Å². The summed E-state index contributed by atoms with van der Waals surface area (Å²) in [4.78, 5) is 25.6. The van der Waals surface area contributed by atoms with Crippen LogP contribution in [0.25, 0.3) is 0 Å². The Kier molecular flexibility index (Phi) is 4.88. The van der Waals surface area contributed by atoms with E-state index in [2.05, 4.69) is 10.2 Å². The molecule has 2 heterocycles. The summed E-state index contributed by atoms with van der Waals surface area (Å²) in [7, 11) is 0. The number of nitrogens with one attached hydrogen (secondary N) is 1. The van der Waals surface area contributed by atoms with Crippen LogP contribution in [0.5, 0.6) is 0 Å². The fourth-order valence-corrected chi connectivity index (χ4v) is 3.47. The number of aromatic carboxylic acids is 1. The highest BCUT2D eigenvalue weighted by molar-refractivity contribution is 5.87. The van der Waals surface area contributed by atoms with Crippen molar-refractivity contribution in [2.75, 3.05) is 13.1 Å². The molecule has 0 saturated carbocycles. The lowest BCUT2D eigenvalue weighted by Crippen LogP contribution is -2.40. The maximum atomic E-state index is 12.7. The zero-order chi connectivity index (χ0) is 18.0. The van der Waals surface area contributed by atoms with Crippen molar-refractivity contribution in [2.45, 2.75) is 39.0 Å². The van der Waals surface area contributed by atoms with E-state index in [4.69, 9.17) is 5.11 Å². The maximum absolute atomic E-state index is 12.7. The summed E-state index contributed by atoms with van der Waals surface area (Å²) in [5.74, 6) is -0.538. The van der Waals surface area contributed by atoms with Gasteiger partial charge in [0.15, 0.2) is 0 Å². The van der Waals surface area contributed by atoms with Crippen LogP contribution < -0.4 is 0 Å². The molecule has 0 unspecified atom stereocenters. The van der Waals surface area contributed by atoms with E-state index >= 15 is 0 Å². The van der Waals surface area contributed by atoms with Crippen LogP contribution in [0.3, 0.4) is 0 Å². The summed E-state index contributed by atoms with van der Waals surface area (Å²) in [6.45, 7) is 5.31. The molecule has 25 heavy (non-hydrogen) atoms. The van der Waals surface area contributed by atoms with E-state index in [0.717, 1.165) is 41.9 Å². The Balaban J connectivity index is 1.68. The number of hydrogen-bond acceptors (Lipinski definition) is 3. The van der Waals surface area contributed by atoms with Gasteiger partial charge in [-0.3, -0.25) is 9.89 Å². The van der Waals surface area contributed by atoms with Crippen LogP contribution in [0, 0.1) is 13.8 Å². The Hall–Kier alpha value is -2.63. The van der Waals surface area contributed by atoms with Gasteiger partial charge in [0.25, 0.3) is 0 Å². The second kappa shape index (κ2) is 7.09. The molecule has 6 nitrogen and oxygen atoms in total. The third-order valence-electron chi connectivity index (χ3n) is 5.01. The number of aromatic amines is 1. The summed E-state index contributed by atoms with van der Waals surface area (Å²) in [6, 6.07) is 7.01. The van der Waals surface area contributed by atoms with Crippen LogP contribution in [-0.2, 0) is 11.2 Å². The van der Waals surface area contributed by atoms with E-state index < -0.39 is 5.97 Å². The molecule has 6 heteroatoms. The fourth-order valence-electron chi connectivity index (χ4n) is 3.47. The number of rotatable bonds is 4. The minimum Gasteiger partial charge on any atom is -0.478 e. The third kappa shape index (κ3) is 3.73. The molecular formula is C19H23N3O3. The summed E-state index contributed by atoms with van der Waals surface area (Å²) >= 11 is 0. The van der Waals surface area contributed by atoms with E-state index in [0.29, 0.717) is 18.5 Å². The zero-order valence-corrected chi connectivity index (χ0v) is 14.6. The lowest BCUT2D eigenvalue weighted by molar-refractivity contribution is -0.131. The molecule has 1 aromatic carbocycles. The molecule has 1 aliphatic rings. The molecular weight excluding hydrogens is 318 g/mol. The standard InChI is InChI=1S/C19H23N3O3/c1-12-17(13(2)21-20-12)10-18(23)22-9-3-4-16(11-22)14-5-7-15(8-6-14)19(24)25/h5-8,16H,3-4,9-11H2,1-2H3,(H,20,21)(H,24,25)/t16-/m0/s1. The number of piperidine rings is 1. The third-order valence-corrected chi connectivity index (χ3v) is 5.01. The number of carbonyl (C=O) groups is 2. The largest absolute Gasteiger partial charge is 0.478 e. The molecule has 1 aromatic heterocycles. The van der Waals surface area contributed by atoms with Crippen LogP contribution in [0.2, 0.25) is 0 Å². The summed E-state index contributed by atoms with van der Waals surface area (Å²) in [5, 5.41) is 16.1. The van der Waals surface area contributed by atoms with Gasteiger partial charge in [0.05, 0.1) is 17.7 Å². The van der Waals surface area contributed by atoms with Crippen molar-refractivity contribution in [1.29, 1.82) is 0 Å². The molecule has 1 amide bonds. The number of amides is 1. The van der Waals surface area contributed by atoms with Gasteiger partial charge in [-0.25, -0.2) is 4.79 Å². The van der Waals surface area contributed by atoms with Crippen LogP contribution in [0.4, 0.5) is 0 Å². The first kappa shape index (κ1) is 17.2. The Morgan fingerprint density at radius 3 is 2.60 bits per heavy atom. The molecule has 0 bridgehead atoms. The Morgan fingerprint density at radius 1 is 1.28 bits per heavy atom. The highest BCUT2D eigenvalue weighted by atomic mass is 16.4. The SMILES string of the molecule is Cc1n[nH]c(C)c1CC(=O)N1CCC[C@H](c2ccc(C(=O)O)cc2)C1. The highest BCUT2D eigenvalue weighted by Crippen LogP contribution is 2.27. The predicted molar refractivity (Wildman–Crippen MR) is 93.7 cm³/mol. The smallest absolute Gasteiger partial charge is 0.335 e. The Bertz CT molecular complexity index is 760. The Labute approximate surface area is 146 Å². The molecule has 1 aliphatic heterocycles. The molecule has 132 valence electrons. The van der Waals surface area contributed by atoms with E-state index in [1.807, 2.05) is 30.9 Å². The van der Waals surface area contributed by atoms with Crippen LogP contribution >= 0.6 is 0 Å². The summed E-state index contributed by atoms with van der Waals surface area (Å²) in [5.41, 5.74) is 4.20. The number of likely N-dealkylation sites (tertiary alicyclic amines) is 1. The van der Waals surface area contributed by atoms with E-state index in [9.17, 15) is 9.59 Å². The van der Waals surface area contributed by atoms with E-state index in [1.165, 1.54) is 0 Å². The molecule has 0 radical (unpaired) electrons. The van der Waals surface area contributed by atoms with Crippen LogP contribution in [-0.4, -0.2) is 45.2 Å².